The van der Waals surface area contributed by atoms with Crippen LogP contribution in [0.5, 0.6) is 0 Å². The molecule has 0 amide bonds. The van der Waals surface area contributed by atoms with Crippen LogP contribution in [-0.4, -0.2) is 276 Å². The van der Waals surface area contributed by atoms with Crippen LogP contribution in [-0.2, 0) is 57.1 Å². The topological polar surface area (TPSA) is 506 Å². The molecule has 4 rings (SSSR count). The van der Waals surface area contributed by atoms with Gasteiger partial charge in [-0.15, -0.1) is 0 Å². The molecule has 0 aromatic rings. The summed E-state index contributed by atoms with van der Waals surface area (Å²) in [6.07, 6.45) is -56.5. The van der Waals surface area contributed by atoms with E-state index in [-0.39, 0.29) is 0 Å². The van der Waals surface area contributed by atoms with Gasteiger partial charge in [-0.1, -0.05) is 0 Å². The third-order valence-corrected chi connectivity index (χ3v) is 9.83. The molecule has 0 radical (unpaired) electrons. The molecule has 18 N–H and O–H groups in total. The molecule has 24 atom stereocenters. The highest BCUT2D eigenvalue weighted by molar-refractivity contribution is 5.75. The number of carboxylic acids is 4. The van der Waals surface area contributed by atoms with Crippen LogP contribution in [0.15, 0.2) is 0 Å². The second-order valence-electron chi connectivity index (χ2n) is 13.9. The zero-order valence-corrected chi connectivity index (χ0v) is 30.2. The Morgan fingerprint density at radius 1 is 0.417 bits per heavy atom. The van der Waals surface area contributed by atoms with Gasteiger partial charge in [-0.25, -0.2) is 19.2 Å². The largest absolute Gasteiger partial charge is 0.479 e. The maximum atomic E-state index is 12.3. The van der Waals surface area contributed by atoms with Crippen LogP contribution < -0.4 is 0 Å². The summed E-state index contributed by atoms with van der Waals surface area (Å²) in [6.45, 7) is -2.28. The second kappa shape index (κ2) is 20.5. The lowest BCUT2D eigenvalue weighted by Gasteiger charge is -2.48. The Kier molecular flexibility index (Phi) is 16.9. The fourth-order valence-electron chi connectivity index (χ4n) is 6.51. The number of aliphatic hydroxyl groups is 14. The van der Waals surface area contributed by atoms with E-state index in [4.69, 9.17) is 43.0 Å². The summed E-state index contributed by atoms with van der Waals surface area (Å²) < 4.78 is 41.2. The fraction of sp³-hybridized carbons (Fsp3) is 0.867. The predicted octanol–water partition coefficient (Wildman–Crippen LogP) is -11.9. The number of carbonyl (C=O) groups is 4. The third kappa shape index (κ3) is 10.3. The minimum atomic E-state index is -2.55. The number of carboxylic acid groups (broad SMARTS) is 4. The molecule has 0 aromatic carbocycles. The molecule has 30 heteroatoms. The molecule has 0 bridgehead atoms. The van der Waals surface area contributed by atoms with Crippen molar-refractivity contribution >= 4 is 23.9 Å². The molecule has 0 aliphatic carbocycles. The smallest absolute Gasteiger partial charge is 0.335 e. The molecular weight excluding hydrogens is 840 g/mol. The number of aliphatic carboxylic acids is 4. The summed E-state index contributed by atoms with van der Waals surface area (Å²) in [5, 5.41) is 183. The summed E-state index contributed by atoms with van der Waals surface area (Å²) >= 11 is 0. The van der Waals surface area contributed by atoms with E-state index in [9.17, 15) is 106 Å². The van der Waals surface area contributed by atoms with Crippen molar-refractivity contribution in [1.29, 1.82) is 0 Å². The SMILES string of the molecule is O=C(O)[C@H]1O[C@H](O[C@@H]2[C@H](O)[C@@H](O)[C@@H](O[C@@H]3[C@H](O)[C@@H](O)[C@@H](O[C@@H]4[C@H](O)[C@@H](O)[C@@H](O[C@H]([C@H](O)[C@@H](O)CO)[C@H](O)CO)O[C@@H]4C(=O)O)O[C@@H]3C(=O)O)O[C@@H]2C(=O)O)[C@H](O)[C@@H](O)[C@H]1O. The van der Waals surface area contributed by atoms with Gasteiger partial charge in [0.15, 0.2) is 49.6 Å². The van der Waals surface area contributed by atoms with Crippen molar-refractivity contribution in [3.8, 4) is 0 Å². The van der Waals surface area contributed by atoms with Crippen LogP contribution in [0.2, 0.25) is 0 Å². The predicted molar refractivity (Wildman–Crippen MR) is 171 cm³/mol. The second-order valence-corrected chi connectivity index (χ2v) is 13.9. The molecule has 4 fully saturated rings. The lowest BCUT2D eigenvalue weighted by molar-refractivity contribution is -0.381. The maximum Gasteiger partial charge on any atom is 0.335 e. The first-order chi connectivity index (χ1) is 28.0. The quantitative estimate of drug-likeness (QED) is 0.0645. The highest BCUT2D eigenvalue weighted by Gasteiger charge is 2.58. The molecule has 4 heterocycles. The third-order valence-electron chi connectivity index (χ3n) is 9.83. The minimum Gasteiger partial charge on any atom is -0.479 e. The summed E-state index contributed by atoms with van der Waals surface area (Å²) in [5.41, 5.74) is 0. The molecular formula is C30H46O30. The van der Waals surface area contributed by atoms with E-state index in [1.165, 1.54) is 0 Å². The molecule has 4 aliphatic rings. The highest BCUT2D eigenvalue weighted by Crippen LogP contribution is 2.35. The Balaban J connectivity index is 1.51. The van der Waals surface area contributed by atoms with Gasteiger partial charge in [0, 0.05) is 0 Å². The first kappa shape index (κ1) is 49.7. The van der Waals surface area contributed by atoms with E-state index in [1.807, 2.05) is 0 Å². The van der Waals surface area contributed by atoms with E-state index < -0.39 is 184 Å². The summed E-state index contributed by atoms with van der Waals surface area (Å²) in [6, 6.07) is 0. The molecule has 0 unspecified atom stereocenters. The van der Waals surface area contributed by atoms with Gasteiger partial charge in [0.25, 0.3) is 0 Å². The average Bonchev–Trinajstić information content (AvgIpc) is 3.19. The molecule has 0 spiro atoms. The molecule has 4 saturated heterocycles. The minimum absolute atomic E-state index is 1.11. The zero-order chi connectivity index (χ0) is 45.2. The average molecular weight is 887 g/mol. The highest BCUT2D eigenvalue weighted by atomic mass is 16.8. The van der Waals surface area contributed by atoms with E-state index in [0.717, 1.165) is 0 Å². The van der Waals surface area contributed by atoms with Crippen LogP contribution in [0.1, 0.15) is 0 Å². The van der Waals surface area contributed by atoms with E-state index in [2.05, 4.69) is 0 Å². The van der Waals surface area contributed by atoms with Gasteiger partial charge in [0.05, 0.1) is 13.2 Å². The van der Waals surface area contributed by atoms with Crippen molar-refractivity contribution in [2.24, 2.45) is 0 Å². The monoisotopic (exact) mass is 886 g/mol. The van der Waals surface area contributed by atoms with Crippen molar-refractivity contribution in [1.82, 2.24) is 0 Å². The van der Waals surface area contributed by atoms with E-state index >= 15 is 0 Å². The van der Waals surface area contributed by atoms with Crippen molar-refractivity contribution < 1.29 is 149 Å². The van der Waals surface area contributed by atoms with Crippen molar-refractivity contribution in [3.05, 3.63) is 0 Å². The van der Waals surface area contributed by atoms with Crippen LogP contribution in [0, 0.1) is 0 Å². The van der Waals surface area contributed by atoms with Gasteiger partial charge in [-0.3, -0.25) is 0 Å². The Morgan fingerprint density at radius 3 is 1.05 bits per heavy atom. The van der Waals surface area contributed by atoms with E-state index in [1.54, 1.807) is 0 Å². The van der Waals surface area contributed by atoms with Gasteiger partial charge >= 0.3 is 23.9 Å². The number of ether oxygens (including phenoxy) is 8. The van der Waals surface area contributed by atoms with Gasteiger partial charge in [0.2, 0.25) is 0 Å². The Hall–Kier alpha value is -3.00. The molecule has 60 heavy (non-hydrogen) atoms. The lowest BCUT2D eigenvalue weighted by atomic mass is 9.95. The number of hydrogen-bond acceptors (Lipinski definition) is 26. The first-order valence-corrected chi connectivity index (χ1v) is 17.5. The Bertz CT molecular complexity index is 1470. The number of hydrogen-bond donors (Lipinski definition) is 18. The molecule has 346 valence electrons. The van der Waals surface area contributed by atoms with Crippen molar-refractivity contribution in [2.45, 2.75) is 147 Å². The lowest BCUT2D eigenvalue weighted by Crippen LogP contribution is -2.68. The summed E-state index contributed by atoms with van der Waals surface area (Å²) in [4.78, 5) is 48.2. The zero-order valence-electron chi connectivity index (χ0n) is 30.2. The molecule has 0 saturated carbocycles. The van der Waals surface area contributed by atoms with Crippen LogP contribution in [0.4, 0.5) is 0 Å². The standard InChI is InChI=1S/C30H46O30/c31-1-3(33)5(35)15(4(34)2-32)53-28-12(42)8(38)17(20(58-28)24(47)48)55-30-14(44)10(40)18(22(60-30)26(51)52)56-29-13(43)9(39)16(21(59-29)25(49)50)54-27-11(41)6(36)7(37)19(57-27)23(45)46/h3-22,27-44H,1-2H2,(H,45,46)(H,47,48)(H,49,50)(H,51,52)/t3-,4+,5+,6-,7+,8+,9+,10+,11+,12+,13+,14+,15-,16+,17+,18+,19-,20-,21-,22-,27-,28-,29-,30-/m0/s1. The van der Waals surface area contributed by atoms with Gasteiger partial charge in [-0.2, -0.15) is 0 Å². The molecule has 0 aromatic heterocycles. The van der Waals surface area contributed by atoms with E-state index in [0.29, 0.717) is 0 Å². The molecule has 30 nitrogen and oxygen atoms in total. The number of aliphatic hydroxyl groups excluding tert-OH is 14. The molecule has 4 aliphatic heterocycles. The van der Waals surface area contributed by atoms with Gasteiger partial charge in [0.1, 0.15) is 97.7 Å². The Morgan fingerprint density at radius 2 is 0.717 bits per heavy atom. The summed E-state index contributed by atoms with van der Waals surface area (Å²) in [7, 11) is 0. The maximum absolute atomic E-state index is 12.3. The van der Waals surface area contributed by atoms with Crippen LogP contribution in [0.3, 0.4) is 0 Å². The van der Waals surface area contributed by atoms with Gasteiger partial charge in [-0.05, 0) is 0 Å². The summed E-state index contributed by atoms with van der Waals surface area (Å²) in [5.74, 6) is -7.94. The van der Waals surface area contributed by atoms with Gasteiger partial charge < -0.3 is 130 Å². The van der Waals surface area contributed by atoms with Crippen LogP contribution in [0.25, 0.3) is 0 Å². The first-order valence-electron chi connectivity index (χ1n) is 17.5. The Labute approximate surface area is 333 Å². The fourth-order valence-corrected chi connectivity index (χ4v) is 6.51. The normalized spacial score (nSPS) is 44.6. The van der Waals surface area contributed by atoms with Crippen molar-refractivity contribution in [3.63, 3.8) is 0 Å². The number of rotatable bonds is 17. The van der Waals surface area contributed by atoms with Crippen LogP contribution >= 0.6 is 0 Å². The van der Waals surface area contributed by atoms with Crippen molar-refractivity contribution in [2.75, 3.05) is 13.2 Å².